The second-order valence-corrected chi connectivity index (χ2v) is 5.89. The van der Waals surface area contributed by atoms with Gasteiger partial charge in [-0.15, -0.1) is 0 Å². The topological polar surface area (TPSA) is 43.9 Å². The van der Waals surface area contributed by atoms with Crippen molar-refractivity contribution in [3.05, 3.63) is 29.8 Å². The summed E-state index contributed by atoms with van der Waals surface area (Å²) < 4.78 is 0. The van der Waals surface area contributed by atoms with Gasteiger partial charge in [-0.1, -0.05) is 26.0 Å². The van der Waals surface area contributed by atoms with Crippen molar-refractivity contribution in [1.29, 1.82) is 0 Å². The van der Waals surface area contributed by atoms with E-state index in [9.17, 15) is 9.59 Å². The Hall–Kier alpha value is -2.04. The number of hydrogen-bond donors (Lipinski definition) is 0. The molecule has 0 bridgehead atoms. The fourth-order valence-corrected chi connectivity index (χ4v) is 2.31. The molecule has 0 N–H and O–H groups in total. The minimum Gasteiger partial charge on any atom is -0.347 e. The molecule has 0 aromatic heterocycles. The molecule has 114 valence electrons. The van der Waals surface area contributed by atoms with Crippen molar-refractivity contribution in [3.8, 4) is 0 Å². The van der Waals surface area contributed by atoms with E-state index in [4.69, 9.17) is 0 Å². The number of rotatable bonds is 4. The van der Waals surface area contributed by atoms with Gasteiger partial charge in [0, 0.05) is 32.9 Å². The number of amides is 3. The van der Waals surface area contributed by atoms with E-state index in [1.165, 1.54) is 10.5 Å². The lowest BCUT2D eigenvalue weighted by Crippen LogP contribution is -2.39. The molecular formula is C16H23N3O2. The van der Waals surface area contributed by atoms with Crippen LogP contribution in [0.15, 0.2) is 24.3 Å². The number of likely N-dealkylation sites (N-methyl/N-ethyl adjacent to an activating group) is 1. The second-order valence-electron chi connectivity index (χ2n) is 5.89. The number of nitrogens with zero attached hydrogens (tertiary/aromatic N) is 3. The van der Waals surface area contributed by atoms with Crippen LogP contribution in [-0.2, 0) is 4.79 Å². The molecule has 1 aliphatic heterocycles. The van der Waals surface area contributed by atoms with Gasteiger partial charge in [0.25, 0.3) is 0 Å². The summed E-state index contributed by atoms with van der Waals surface area (Å²) >= 11 is 0. The van der Waals surface area contributed by atoms with Crippen molar-refractivity contribution in [2.45, 2.75) is 19.8 Å². The first-order valence-electron chi connectivity index (χ1n) is 7.26. The van der Waals surface area contributed by atoms with Crippen molar-refractivity contribution >= 4 is 17.6 Å². The molecule has 1 aromatic rings. The summed E-state index contributed by atoms with van der Waals surface area (Å²) in [6, 6.07) is 7.97. The van der Waals surface area contributed by atoms with E-state index in [1.54, 1.807) is 23.9 Å². The van der Waals surface area contributed by atoms with Crippen LogP contribution in [0.25, 0.3) is 0 Å². The Kier molecular flexibility index (Phi) is 4.50. The number of carbonyl (C=O) groups is 2. The van der Waals surface area contributed by atoms with E-state index in [2.05, 4.69) is 26.0 Å². The molecule has 5 heteroatoms. The smallest absolute Gasteiger partial charge is 0.325 e. The molecular weight excluding hydrogens is 266 g/mol. The molecule has 1 saturated heterocycles. The normalized spacial score (nSPS) is 15.0. The summed E-state index contributed by atoms with van der Waals surface area (Å²) in [5.41, 5.74) is 2.15. The number of hydrogen-bond acceptors (Lipinski definition) is 2. The predicted octanol–water partition coefficient (Wildman–Crippen LogP) is 2.14. The maximum absolute atomic E-state index is 12.4. The van der Waals surface area contributed by atoms with E-state index in [0.717, 1.165) is 5.69 Å². The number of anilines is 1. The van der Waals surface area contributed by atoms with Gasteiger partial charge in [0.15, 0.2) is 0 Å². The van der Waals surface area contributed by atoms with E-state index in [-0.39, 0.29) is 18.5 Å². The van der Waals surface area contributed by atoms with Crippen LogP contribution in [0.3, 0.4) is 0 Å². The van der Waals surface area contributed by atoms with Crippen LogP contribution in [0.4, 0.5) is 10.5 Å². The predicted molar refractivity (Wildman–Crippen MR) is 83.5 cm³/mol. The Bertz CT molecular complexity index is 523. The first kappa shape index (κ1) is 15.4. The summed E-state index contributed by atoms with van der Waals surface area (Å²) in [6.07, 6.45) is 0. The Balaban J connectivity index is 2.06. The highest BCUT2D eigenvalue weighted by atomic mass is 16.2. The molecule has 5 nitrogen and oxygen atoms in total. The van der Waals surface area contributed by atoms with Crippen LogP contribution in [-0.4, -0.2) is 55.5 Å². The lowest BCUT2D eigenvalue weighted by molar-refractivity contribution is -0.129. The van der Waals surface area contributed by atoms with Crippen molar-refractivity contribution in [2.75, 3.05) is 38.6 Å². The van der Waals surface area contributed by atoms with Gasteiger partial charge in [-0.3, -0.25) is 9.69 Å². The fourth-order valence-electron chi connectivity index (χ4n) is 2.31. The fraction of sp³-hybridized carbons (Fsp3) is 0.500. The van der Waals surface area contributed by atoms with Gasteiger partial charge in [0.2, 0.25) is 5.91 Å². The van der Waals surface area contributed by atoms with Crippen molar-refractivity contribution in [1.82, 2.24) is 9.80 Å². The summed E-state index contributed by atoms with van der Waals surface area (Å²) in [6.45, 7) is 5.65. The van der Waals surface area contributed by atoms with Crippen molar-refractivity contribution in [2.24, 2.45) is 0 Å². The molecule has 3 amide bonds. The van der Waals surface area contributed by atoms with Gasteiger partial charge in [0.05, 0.1) is 0 Å². The van der Waals surface area contributed by atoms with Crippen molar-refractivity contribution in [3.63, 3.8) is 0 Å². The first-order chi connectivity index (χ1) is 9.90. The quantitative estimate of drug-likeness (QED) is 0.852. The molecule has 0 aliphatic carbocycles. The van der Waals surface area contributed by atoms with Gasteiger partial charge < -0.3 is 9.80 Å². The Morgan fingerprint density at radius 1 is 1.19 bits per heavy atom. The lowest BCUT2D eigenvalue weighted by atomic mass is 10.0. The van der Waals surface area contributed by atoms with Gasteiger partial charge in [0.1, 0.15) is 6.54 Å². The van der Waals surface area contributed by atoms with Crippen LogP contribution >= 0.6 is 0 Å². The molecule has 1 aliphatic rings. The molecule has 0 atom stereocenters. The summed E-state index contributed by atoms with van der Waals surface area (Å²) in [7, 11) is 3.40. The molecule has 1 fully saturated rings. The molecule has 2 rings (SSSR count). The van der Waals surface area contributed by atoms with Gasteiger partial charge in [-0.2, -0.15) is 0 Å². The molecule has 1 heterocycles. The van der Waals surface area contributed by atoms with Crippen LogP contribution in [0.1, 0.15) is 25.3 Å². The summed E-state index contributed by atoms with van der Waals surface area (Å²) in [5.74, 6) is 0.419. The Morgan fingerprint density at radius 2 is 1.81 bits per heavy atom. The van der Waals surface area contributed by atoms with Gasteiger partial charge in [-0.25, -0.2) is 4.79 Å². The number of carbonyl (C=O) groups excluding carboxylic acids is 2. The minimum atomic E-state index is -0.0949. The van der Waals surface area contributed by atoms with E-state index in [1.807, 2.05) is 12.1 Å². The molecule has 0 radical (unpaired) electrons. The first-order valence-corrected chi connectivity index (χ1v) is 7.26. The third-order valence-corrected chi connectivity index (χ3v) is 3.79. The zero-order valence-corrected chi connectivity index (χ0v) is 13.2. The zero-order valence-electron chi connectivity index (χ0n) is 13.2. The zero-order chi connectivity index (χ0) is 15.6. The average Bonchev–Trinajstić information content (AvgIpc) is 2.80. The van der Waals surface area contributed by atoms with E-state index < -0.39 is 0 Å². The van der Waals surface area contributed by atoms with Crippen LogP contribution < -0.4 is 4.90 Å². The van der Waals surface area contributed by atoms with Gasteiger partial charge in [-0.05, 0) is 23.6 Å². The standard InChI is InChI=1S/C16H23N3O2/c1-12(2)13-5-7-14(8-6-13)19-10-9-18(16(19)21)11-15(20)17(3)4/h5-8,12H,9-11H2,1-4H3. The van der Waals surface area contributed by atoms with Crippen LogP contribution in [0.2, 0.25) is 0 Å². The number of benzene rings is 1. The highest BCUT2D eigenvalue weighted by molar-refractivity contribution is 5.96. The highest BCUT2D eigenvalue weighted by Crippen LogP contribution is 2.23. The average molecular weight is 289 g/mol. The van der Waals surface area contributed by atoms with E-state index in [0.29, 0.717) is 19.0 Å². The lowest BCUT2D eigenvalue weighted by Gasteiger charge is -2.20. The third kappa shape index (κ3) is 3.35. The molecule has 0 saturated carbocycles. The highest BCUT2D eigenvalue weighted by Gasteiger charge is 2.31. The Labute approximate surface area is 126 Å². The maximum atomic E-state index is 12.4. The summed E-state index contributed by atoms with van der Waals surface area (Å²) in [5, 5.41) is 0. The summed E-state index contributed by atoms with van der Waals surface area (Å²) in [4.78, 5) is 28.9. The third-order valence-electron chi connectivity index (χ3n) is 3.79. The maximum Gasteiger partial charge on any atom is 0.325 e. The van der Waals surface area contributed by atoms with E-state index >= 15 is 0 Å². The molecule has 0 spiro atoms. The molecule has 21 heavy (non-hydrogen) atoms. The second kappa shape index (κ2) is 6.16. The largest absolute Gasteiger partial charge is 0.347 e. The van der Waals surface area contributed by atoms with Crippen molar-refractivity contribution < 1.29 is 9.59 Å². The van der Waals surface area contributed by atoms with Crippen LogP contribution in [0, 0.1) is 0 Å². The Morgan fingerprint density at radius 3 is 2.33 bits per heavy atom. The monoisotopic (exact) mass is 289 g/mol. The van der Waals surface area contributed by atoms with Crippen LogP contribution in [0.5, 0.6) is 0 Å². The molecule has 1 aromatic carbocycles. The molecule has 0 unspecified atom stereocenters. The minimum absolute atomic E-state index is 0.0552. The SMILES string of the molecule is CC(C)c1ccc(N2CCN(CC(=O)N(C)C)C2=O)cc1. The number of urea groups is 1. The van der Waals surface area contributed by atoms with Gasteiger partial charge >= 0.3 is 6.03 Å².